The number of carbonyl (C=O) groups excluding carboxylic acids is 2. The summed E-state index contributed by atoms with van der Waals surface area (Å²) in [5, 5.41) is 1.71. The lowest BCUT2D eigenvalue weighted by molar-refractivity contribution is -0.143. The number of amides is 1. The van der Waals surface area contributed by atoms with Gasteiger partial charge in [-0.15, -0.1) is 11.8 Å². The third kappa shape index (κ3) is 6.17. The molecule has 0 bridgehead atoms. The van der Waals surface area contributed by atoms with E-state index in [0.29, 0.717) is 19.1 Å². The Morgan fingerprint density at radius 1 is 1.26 bits per heavy atom. The van der Waals surface area contributed by atoms with Crippen molar-refractivity contribution in [2.75, 3.05) is 11.9 Å². The molecule has 128 valence electrons. The molecule has 0 heterocycles. The van der Waals surface area contributed by atoms with Crippen molar-refractivity contribution in [2.45, 2.75) is 50.2 Å². The summed E-state index contributed by atoms with van der Waals surface area (Å²) >= 11 is 0.964. The van der Waals surface area contributed by atoms with Gasteiger partial charge in [0.15, 0.2) is 0 Å². The van der Waals surface area contributed by atoms with Gasteiger partial charge in [0.2, 0.25) is 5.91 Å². The van der Waals surface area contributed by atoms with Gasteiger partial charge in [-0.2, -0.15) is 0 Å². The summed E-state index contributed by atoms with van der Waals surface area (Å²) < 4.78 is 32.7. The minimum Gasteiger partial charge on any atom is -0.465 e. The van der Waals surface area contributed by atoms with E-state index in [0.717, 1.165) is 24.6 Å². The molecular weight excluding hydrogens is 324 g/mol. The summed E-state index contributed by atoms with van der Waals surface area (Å²) in [6.07, 6.45) is 2.12. The Labute approximate surface area is 139 Å². The number of unbranched alkanes of at least 4 members (excludes halogenated alkanes) is 1. The van der Waals surface area contributed by atoms with Crippen LogP contribution in [0.25, 0.3) is 0 Å². The maximum atomic E-state index is 13.9. The Morgan fingerprint density at radius 3 is 2.52 bits per heavy atom. The van der Waals surface area contributed by atoms with Crippen molar-refractivity contribution in [3.05, 3.63) is 23.8 Å². The molecule has 0 saturated carbocycles. The zero-order valence-corrected chi connectivity index (χ0v) is 14.3. The molecule has 1 unspecified atom stereocenters. The molecule has 4 nitrogen and oxygen atoms in total. The van der Waals surface area contributed by atoms with Crippen molar-refractivity contribution in [1.82, 2.24) is 0 Å². The van der Waals surface area contributed by atoms with Gasteiger partial charge in [-0.25, -0.2) is 8.78 Å². The Kier molecular flexibility index (Phi) is 8.02. The minimum absolute atomic E-state index is 0.0921. The van der Waals surface area contributed by atoms with Crippen LogP contribution in [0.3, 0.4) is 0 Å². The fraction of sp³-hybridized carbons (Fsp3) is 0.500. The van der Waals surface area contributed by atoms with E-state index in [-0.39, 0.29) is 10.6 Å². The zero-order chi connectivity index (χ0) is 17.4. The molecule has 0 radical (unpaired) electrons. The highest BCUT2D eigenvalue weighted by Gasteiger charge is 2.22. The molecule has 1 amide bonds. The molecule has 1 rings (SSSR count). The van der Waals surface area contributed by atoms with Crippen LogP contribution in [0.15, 0.2) is 17.0 Å². The number of hydrogen-bond donors (Lipinski definition) is 1. The second kappa shape index (κ2) is 9.50. The molecule has 23 heavy (non-hydrogen) atoms. The van der Waals surface area contributed by atoms with Gasteiger partial charge in [-0.05, 0) is 18.9 Å². The summed E-state index contributed by atoms with van der Waals surface area (Å²) in [6, 6.07) is 1.89. The Morgan fingerprint density at radius 2 is 1.96 bits per heavy atom. The van der Waals surface area contributed by atoms with Crippen LogP contribution in [0.5, 0.6) is 0 Å². The predicted octanol–water partition coefficient (Wildman–Crippen LogP) is 4.14. The van der Waals surface area contributed by atoms with Crippen LogP contribution in [0, 0.1) is 11.6 Å². The van der Waals surface area contributed by atoms with Gasteiger partial charge in [0.1, 0.15) is 16.9 Å². The number of nitrogens with one attached hydrogen (secondary N) is 1. The van der Waals surface area contributed by atoms with Crippen LogP contribution in [0.2, 0.25) is 0 Å². The third-order valence-electron chi connectivity index (χ3n) is 2.98. The number of halogens is 2. The van der Waals surface area contributed by atoms with E-state index in [4.69, 9.17) is 4.74 Å². The Hall–Kier alpha value is -1.63. The summed E-state index contributed by atoms with van der Waals surface area (Å²) in [5.74, 6) is -2.52. The van der Waals surface area contributed by atoms with Crippen molar-refractivity contribution in [2.24, 2.45) is 0 Å². The maximum absolute atomic E-state index is 13.9. The van der Waals surface area contributed by atoms with E-state index in [1.54, 1.807) is 6.92 Å². The van der Waals surface area contributed by atoms with E-state index in [1.165, 1.54) is 13.0 Å². The average molecular weight is 345 g/mol. The standard InChI is InChI=1S/C16H21F2NO3S/c1-4-6-7-22-16(21)14(5-2)23-15-9-13(19-10(3)20)11(17)8-12(15)18/h8-9,14H,4-7H2,1-3H3,(H,19,20). The molecule has 0 aliphatic carbocycles. The van der Waals surface area contributed by atoms with E-state index in [1.807, 2.05) is 6.92 Å². The number of anilines is 1. The van der Waals surface area contributed by atoms with Gasteiger partial charge in [-0.3, -0.25) is 9.59 Å². The van der Waals surface area contributed by atoms with Crippen LogP contribution in [-0.4, -0.2) is 23.7 Å². The summed E-state index contributed by atoms with van der Waals surface area (Å²) in [5.41, 5.74) is -0.115. The number of carbonyl (C=O) groups is 2. The van der Waals surface area contributed by atoms with Gasteiger partial charge in [0.05, 0.1) is 12.3 Å². The molecule has 0 aliphatic rings. The summed E-state index contributed by atoms with van der Waals surface area (Å²) in [7, 11) is 0. The number of rotatable bonds is 8. The van der Waals surface area contributed by atoms with Crippen LogP contribution in [-0.2, 0) is 14.3 Å². The highest BCUT2D eigenvalue weighted by atomic mass is 32.2. The number of thioether (sulfide) groups is 1. The van der Waals surface area contributed by atoms with Gasteiger partial charge in [0, 0.05) is 17.9 Å². The van der Waals surface area contributed by atoms with Crippen LogP contribution in [0.1, 0.15) is 40.0 Å². The number of hydrogen-bond acceptors (Lipinski definition) is 4. The number of ether oxygens (including phenoxy) is 1. The molecular formula is C16H21F2NO3S. The van der Waals surface area contributed by atoms with Crippen molar-refractivity contribution in [3.63, 3.8) is 0 Å². The molecule has 1 aromatic rings. The molecule has 1 aromatic carbocycles. The van der Waals surface area contributed by atoms with Crippen molar-refractivity contribution >= 4 is 29.3 Å². The van der Waals surface area contributed by atoms with Crippen molar-refractivity contribution < 1.29 is 23.1 Å². The lowest BCUT2D eigenvalue weighted by atomic mass is 10.3. The van der Waals surface area contributed by atoms with Crippen LogP contribution in [0.4, 0.5) is 14.5 Å². The van der Waals surface area contributed by atoms with Crippen molar-refractivity contribution in [1.29, 1.82) is 0 Å². The third-order valence-corrected chi connectivity index (χ3v) is 4.35. The molecule has 1 N–H and O–H groups in total. The first-order valence-corrected chi connectivity index (χ1v) is 8.36. The normalized spacial score (nSPS) is 11.9. The second-order valence-corrected chi connectivity index (χ2v) is 6.22. The first-order chi connectivity index (χ1) is 10.9. The van der Waals surface area contributed by atoms with Gasteiger partial charge in [0.25, 0.3) is 0 Å². The topological polar surface area (TPSA) is 55.4 Å². The highest BCUT2D eigenvalue weighted by molar-refractivity contribution is 8.00. The molecule has 0 aromatic heterocycles. The smallest absolute Gasteiger partial charge is 0.319 e. The fourth-order valence-corrected chi connectivity index (χ4v) is 2.76. The largest absolute Gasteiger partial charge is 0.465 e. The average Bonchev–Trinajstić information content (AvgIpc) is 2.48. The zero-order valence-electron chi connectivity index (χ0n) is 13.4. The first-order valence-electron chi connectivity index (χ1n) is 7.48. The minimum atomic E-state index is -0.861. The second-order valence-electron chi connectivity index (χ2n) is 4.98. The fourth-order valence-electron chi connectivity index (χ4n) is 1.77. The quantitative estimate of drug-likeness (QED) is 0.437. The molecule has 7 heteroatoms. The van der Waals surface area contributed by atoms with Crippen molar-refractivity contribution in [3.8, 4) is 0 Å². The Bertz CT molecular complexity index is 567. The van der Waals surface area contributed by atoms with E-state index >= 15 is 0 Å². The van der Waals surface area contributed by atoms with Crippen LogP contribution >= 0.6 is 11.8 Å². The van der Waals surface area contributed by atoms with Crippen LogP contribution < -0.4 is 5.32 Å². The lowest BCUT2D eigenvalue weighted by Gasteiger charge is -2.15. The Balaban J connectivity index is 2.87. The molecule has 0 spiro atoms. The summed E-state index contributed by atoms with van der Waals surface area (Å²) in [6.45, 7) is 5.33. The van der Waals surface area contributed by atoms with Gasteiger partial charge >= 0.3 is 5.97 Å². The molecule has 1 atom stereocenters. The molecule has 0 fully saturated rings. The highest BCUT2D eigenvalue weighted by Crippen LogP contribution is 2.32. The maximum Gasteiger partial charge on any atom is 0.319 e. The van der Waals surface area contributed by atoms with E-state index < -0.39 is 28.8 Å². The SMILES string of the molecule is CCCCOC(=O)C(CC)Sc1cc(NC(C)=O)c(F)cc1F. The molecule has 0 saturated heterocycles. The lowest BCUT2D eigenvalue weighted by Crippen LogP contribution is -2.20. The monoisotopic (exact) mass is 345 g/mol. The summed E-state index contributed by atoms with van der Waals surface area (Å²) in [4.78, 5) is 23.1. The van der Waals surface area contributed by atoms with E-state index in [9.17, 15) is 18.4 Å². The van der Waals surface area contributed by atoms with E-state index in [2.05, 4.69) is 5.32 Å². The van der Waals surface area contributed by atoms with Gasteiger partial charge in [-0.1, -0.05) is 20.3 Å². The first kappa shape index (κ1) is 19.4. The number of esters is 1. The predicted molar refractivity (Wildman–Crippen MR) is 86.5 cm³/mol. The number of benzene rings is 1. The molecule has 0 aliphatic heterocycles. The van der Waals surface area contributed by atoms with Gasteiger partial charge < -0.3 is 10.1 Å².